The van der Waals surface area contributed by atoms with Crippen LogP contribution in [-0.2, 0) is 0 Å². The molecule has 2 aromatic carbocycles. The standard InChI is InChI=1S/C15H16N2O/c1-17(2)14(10-16)12-8-9-15(18-3)13-7-5-4-6-11(12)13/h4-9,14H,1-3H3. The lowest BCUT2D eigenvalue weighted by atomic mass is 9.98. The van der Waals surface area contributed by atoms with Gasteiger partial charge < -0.3 is 4.74 Å². The first-order chi connectivity index (χ1) is 8.69. The molecule has 0 radical (unpaired) electrons. The van der Waals surface area contributed by atoms with Gasteiger partial charge in [0.25, 0.3) is 0 Å². The molecule has 0 aliphatic carbocycles. The van der Waals surface area contributed by atoms with Crippen molar-refractivity contribution in [3.05, 3.63) is 42.0 Å². The van der Waals surface area contributed by atoms with Gasteiger partial charge in [-0.3, -0.25) is 4.90 Å². The fourth-order valence-corrected chi connectivity index (χ4v) is 2.17. The molecule has 0 aromatic heterocycles. The van der Waals surface area contributed by atoms with Crippen LogP contribution in [0.4, 0.5) is 0 Å². The zero-order valence-electron chi connectivity index (χ0n) is 10.8. The van der Waals surface area contributed by atoms with Crippen LogP contribution in [0.25, 0.3) is 10.8 Å². The minimum Gasteiger partial charge on any atom is -0.496 e. The summed E-state index contributed by atoms with van der Waals surface area (Å²) < 4.78 is 5.36. The van der Waals surface area contributed by atoms with Crippen LogP contribution in [0, 0.1) is 11.3 Å². The number of fused-ring (bicyclic) bond motifs is 1. The fraction of sp³-hybridized carbons (Fsp3) is 0.267. The molecule has 0 aliphatic rings. The van der Waals surface area contributed by atoms with Crippen molar-refractivity contribution in [2.24, 2.45) is 0 Å². The molecule has 18 heavy (non-hydrogen) atoms. The first kappa shape index (κ1) is 12.4. The highest BCUT2D eigenvalue weighted by Crippen LogP contribution is 2.32. The fourth-order valence-electron chi connectivity index (χ4n) is 2.17. The molecule has 0 amide bonds. The van der Waals surface area contributed by atoms with Gasteiger partial charge in [-0.25, -0.2) is 0 Å². The maximum Gasteiger partial charge on any atom is 0.126 e. The number of hydrogen-bond acceptors (Lipinski definition) is 3. The molecule has 3 nitrogen and oxygen atoms in total. The van der Waals surface area contributed by atoms with Crippen molar-refractivity contribution in [2.45, 2.75) is 6.04 Å². The van der Waals surface area contributed by atoms with Gasteiger partial charge in [0, 0.05) is 5.39 Å². The molecule has 1 unspecified atom stereocenters. The van der Waals surface area contributed by atoms with E-state index in [-0.39, 0.29) is 6.04 Å². The SMILES string of the molecule is COc1ccc(C(C#N)N(C)C)c2ccccc12. The summed E-state index contributed by atoms with van der Waals surface area (Å²) in [6.07, 6.45) is 0. The number of rotatable bonds is 3. The summed E-state index contributed by atoms with van der Waals surface area (Å²) in [6.45, 7) is 0. The van der Waals surface area contributed by atoms with Crippen molar-refractivity contribution in [3.63, 3.8) is 0 Å². The number of hydrogen-bond donors (Lipinski definition) is 0. The highest BCUT2D eigenvalue weighted by Gasteiger charge is 2.17. The minimum atomic E-state index is -0.249. The molecule has 3 heteroatoms. The lowest BCUT2D eigenvalue weighted by molar-refractivity contribution is 0.359. The van der Waals surface area contributed by atoms with E-state index in [4.69, 9.17) is 4.74 Å². The Bertz CT molecular complexity index is 599. The minimum absolute atomic E-state index is 0.249. The second-order valence-corrected chi connectivity index (χ2v) is 4.40. The molecule has 0 aliphatic heterocycles. The lowest BCUT2D eigenvalue weighted by Crippen LogP contribution is -2.18. The molecule has 0 saturated heterocycles. The Kier molecular flexibility index (Phi) is 3.50. The second-order valence-electron chi connectivity index (χ2n) is 4.40. The van der Waals surface area contributed by atoms with E-state index in [1.807, 2.05) is 55.4 Å². The van der Waals surface area contributed by atoms with Crippen molar-refractivity contribution in [1.82, 2.24) is 4.90 Å². The van der Waals surface area contributed by atoms with Crippen molar-refractivity contribution < 1.29 is 4.74 Å². The van der Waals surface area contributed by atoms with Gasteiger partial charge >= 0.3 is 0 Å². The number of methoxy groups -OCH3 is 1. The monoisotopic (exact) mass is 240 g/mol. The van der Waals surface area contributed by atoms with Crippen LogP contribution in [-0.4, -0.2) is 26.1 Å². The van der Waals surface area contributed by atoms with Gasteiger partial charge in [-0.15, -0.1) is 0 Å². The molecular formula is C15H16N2O. The molecule has 0 heterocycles. The van der Waals surface area contributed by atoms with Gasteiger partial charge in [0.15, 0.2) is 0 Å². The Labute approximate surface area is 107 Å². The average Bonchev–Trinajstić information content (AvgIpc) is 2.39. The zero-order valence-corrected chi connectivity index (χ0v) is 10.8. The van der Waals surface area contributed by atoms with E-state index in [1.54, 1.807) is 7.11 Å². The molecule has 2 rings (SSSR count). The summed E-state index contributed by atoms with van der Waals surface area (Å²) >= 11 is 0. The van der Waals surface area contributed by atoms with Crippen molar-refractivity contribution in [3.8, 4) is 11.8 Å². The molecule has 0 bridgehead atoms. The third kappa shape index (κ3) is 2.03. The number of ether oxygens (including phenoxy) is 1. The normalized spacial score (nSPS) is 12.4. The van der Waals surface area contributed by atoms with Gasteiger partial charge in [0.05, 0.1) is 13.2 Å². The van der Waals surface area contributed by atoms with Gasteiger partial charge in [-0.2, -0.15) is 5.26 Å². The van der Waals surface area contributed by atoms with E-state index in [0.717, 1.165) is 22.1 Å². The summed E-state index contributed by atoms with van der Waals surface area (Å²) in [4.78, 5) is 1.91. The summed E-state index contributed by atoms with van der Waals surface area (Å²) in [7, 11) is 5.48. The number of nitrogens with zero attached hydrogens (tertiary/aromatic N) is 2. The van der Waals surface area contributed by atoms with Crippen LogP contribution < -0.4 is 4.74 Å². The van der Waals surface area contributed by atoms with Crippen LogP contribution in [0.1, 0.15) is 11.6 Å². The Morgan fingerprint density at radius 2 is 1.78 bits per heavy atom. The molecule has 0 fully saturated rings. The predicted molar refractivity (Wildman–Crippen MR) is 72.5 cm³/mol. The predicted octanol–water partition coefficient (Wildman–Crippen LogP) is 2.97. The van der Waals surface area contributed by atoms with E-state index in [2.05, 4.69) is 6.07 Å². The van der Waals surface area contributed by atoms with Gasteiger partial charge in [-0.1, -0.05) is 30.3 Å². The summed E-state index contributed by atoms with van der Waals surface area (Å²) in [6, 6.07) is 14.0. The first-order valence-electron chi connectivity index (χ1n) is 5.80. The van der Waals surface area contributed by atoms with Crippen molar-refractivity contribution in [2.75, 3.05) is 21.2 Å². The summed E-state index contributed by atoms with van der Waals surface area (Å²) in [5, 5.41) is 11.4. The van der Waals surface area contributed by atoms with Gasteiger partial charge in [0.2, 0.25) is 0 Å². The first-order valence-corrected chi connectivity index (χ1v) is 5.80. The Balaban J connectivity index is 2.70. The smallest absolute Gasteiger partial charge is 0.126 e. The lowest BCUT2D eigenvalue weighted by Gasteiger charge is -2.20. The van der Waals surface area contributed by atoms with Crippen LogP contribution in [0.2, 0.25) is 0 Å². The molecule has 2 aromatic rings. The Morgan fingerprint density at radius 1 is 1.11 bits per heavy atom. The van der Waals surface area contributed by atoms with Crippen LogP contribution in [0.3, 0.4) is 0 Å². The third-order valence-corrected chi connectivity index (χ3v) is 3.07. The third-order valence-electron chi connectivity index (χ3n) is 3.07. The highest BCUT2D eigenvalue weighted by molar-refractivity contribution is 5.91. The van der Waals surface area contributed by atoms with E-state index in [1.165, 1.54) is 0 Å². The summed E-state index contributed by atoms with van der Waals surface area (Å²) in [5.74, 6) is 0.838. The van der Waals surface area contributed by atoms with Crippen LogP contribution in [0.5, 0.6) is 5.75 Å². The molecule has 0 saturated carbocycles. The molecular weight excluding hydrogens is 224 g/mol. The number of nitriles is 1. The van der Waals surface area contributed by atoms with E-state index < -0.39 is 0 Å². The molecule has 1 atom stereocenters. The summed E-state index contributed by atoms with van der Waals surface area (Å²) in [5.41, 5.74) is 1.01. The van der Waals surface area contributed by atoms with Crippen LogP contribution in [0.15, 0.2) is 36.4 Å². The zero-order chi connectivity index (χ0) is 13.1. The van der Waals surface area contributed by atoms with E-state index in [0.29, 0.717) is 0 Å². The largest absolute Gasteiger partial charge is 0.496 e. The van der Waals surface area contributed by atoms with Gasteiger partial charge in [-0.05, 0) is 31.1 Å². The Morgan fingerprint density at radius 3 is 2.33 bits per heavy atom. The average molecular weight is 240 g/mol. The maximum atomic E-state index is 9.31. The highest BCUT2D eigenvalue weighted by atomic mass is 16.5. The molecule has 0 N–H and O–H groups in total. The van der Waals surface area contributed by atoms with Crippen molar-refractivity contribution in [1.29, 1.82) is 5.26 Å². The van der Waals surface area contributed by atoms with Crippen molar-refractivity contribution >= 4 is 10.8 Å². The second kappa shape index (κ2) is 5.07. The van der Waals surface area contributed by atoms with Crippen LogP contribution >= 0.6 is 0 Å². The Hall–Kier alpha value is -2.05. The quantitative estimate of drug-likeness (QED) is 0.827. The molecule has 92 valence electrons. The van der Waals surface area contributed by atoms with Gasteiger partial charge in [0.1, 0.15) is 11.8 Å². The number of benzene rings is 2. The topological polar surface area (TPSA) is 36.3 Å². The van der Waals surface area contributed by atoms with E-state index in [9.17, 15) is 5.26 Å². The maximum absolute atomic E-state index is 9.31. The molecule has 0 spiro atoms. The van der Waals surface area contributed by atoms with E-state index >= 15 is 0 Å².